The summed E-state index contributed by atoms with van der Waals surface area (Å²) in [6, 6.07) is 9.43. The molecule has 2 atom stereocenters. The molecule has 2 aromatic rings. The predicted octanol–water partition coefficient (Wildman–Crippen LogP) is 6.20. The minimum atomic E-state index is 0.339. The summed E-state index contributed by atoms with van der Waals surface area (Å²) in [5.74, 6) is 1.31. The minimum absolute atomic E-state index is 0.339. The van der Waals surface area contributed by atoms with Gasteiger partial charge in [0, 0.05) is 24.2 Å². The molecular formula is C22H32N2S2. The second kappa shape index (κ2) is 9.89. The van der Waals surface area contributed by atoms with Crippen LogP contribution in [-0.2, 0) is 19.4 Å². The van der Waals surface area contributed by atoms with Gasteiger partial charge < -0.3 is 4.57 Å². The lowest BCUT2D eigenvalue weighted by Gasteiger charge is -2.40. The van der Waals surface area contributed by atoms with Gasteiger partial charge in [-0.1, -0.05) is 44.5 Å². The second-order valence-corrected chi connectivity index (χ2v) is 10.8. The van der Waals surface area contributed by atoms with E-state index in [9.17, 15) is 0 Å². The van der Waals surface area contributed by atoms with Gasteiger partial charge in [0.1, 0.15) is 0 Å². The molecule has 0 N–H and O–H groups in total. The van der Waals surface area contributed by atoms with Crippen LogP contribution in [0.15, 0.2) is 43.0 Å². The van der Waals surface area contributed by atoms with Crippen LogP contribution in [0.4, 0.5) is 0 Å². The van der Waals surface area contributed by atoms with Crippen molar-refractivity contribution in [2.75, 3.05) is 5.75 Å². The van der Waals surface area contributed by atoms with Gasteiger partial charge in [-0.3, -0.25) is 0 Å². The van der Waals surface area contributed by atoms with Gasteiger partial charge >= 0.3 is 0 Å². The highest BCUT2D eigenvalue weighted by molar-refractivity contribution is 8.19. The van der Waals surface area contributed by atoms with E-state index in [2.05, 4.69) is 77.4 Å². The smallest absolute Gasteiger partial charge is 0.0945 e. The molecule has 0 saturated carbocycles. The molecule has 0 radical (unpaired) electrons. The van der Waals surface area contributed by atoms with Crippen LogP contribution in [0.25, 0.3) is 0 Å². The lowest BCUT2D eigenvalue weighted by Crippen LogP contribution is -2.32. The molecule has 1 aromatic carbocycles. The Hall–Kier alpha value is -0.870. The molecule has 0 amide bonds. The number of hydrogen-bond acceptors (Lipinski definition) is 3. The Labute approximate surface area is 167 Å². The molecule has 0 spiro atoms. The van der Waals surface area contributed by atoms with E-state index >= 15 is 0 Å². The summed E-state index contributed by atoms with van der Waals surface area (Å²) in [6.07, 6.45) is 14.7. The van der Waals surface area contributed by atoms with Gasteiger partial charge in [0.25, 0.3) is 0 Å². The Morgan fingerprint density at radius 1 is 1.19 bits per heavy atom. The zero-order chi connectivity index (χ0) is 18.2. The zero-order valence-electron chi connectivity index (χ0n) is 16.2. The molecule has 1 saturated heterocycles. The third kappa shape index (κ3) is 5.56. The third-order valence-corrected chi connectivity index (χ3v) is 8.85. The molecule has 142 valence electrons. The van der Waals surface area contributed by atoms with E-state index in [1.54, 1.807) is 0 Å². The number of nitrogens with zero attached hydrogens (tertiary/aromatic N) is 2. The molecule has 0 aliphatic carbocycles. The molecule has 26 heavy (non-hydrogen) atoms. The fourth-order valence-electron chi connectivity index (χ4n) is 3.75. The number of benzene rings is 1. The number of hydrogen-bond donors (Lipinski definition) is 0. The summed E-state index contributed by atoms with van der Waals surface area (Å²) < 4.78 is 2.55. The Balaban J connectivity index is 1.67. The SMILES string of the molecule is CCCc1ccc(CC2(CCCn3ccnc3)SCCC(CC)S2)cc1. The van der Waals surface area contributed by atoms with Crippen LogP contribution < -0.4 is 0 Å². The Morgan fingerprint density at radius 3 is 2.69 bits per heavy atom. The largest absolute Gasteiger partial charge is 0.337 e. The summed E-state index contributed by atoms with van der Waals surface area (Å²) in [5, 5.41) is 0.823. The zero-order valence-corrected chi connectivity index (χ0v) is 17.8. The Morgan fingerprint density at radius 2 is 2.00 bits per heavy atom. The molecule has 3 rings (SSSR count). The van der Waals surface area contributed by atoms with Gasteiger partial charge in [0.15, 0.2) is 0 Å². The Kier molecular flexibility index (Phi) is 7.56. The van der Waals surface area contributed by atoms with E-state index in [0.717, 1.165) is 11.8 Å². The molecule has 1 fully saturated rings. The van der Waals surface area contributed by atoms with Crippen LogP contribution in [0.5, 0.6) is 0 Å². The van der Waals surface area contributed by atoms with Crippen molar-refractivity contribution in [1.29, 1.82) is 0 Å². The third-order valence-electron chi connectivity index (χ3n) is 5.21. The normalized spacial score (nSPS) is 23.2. The number of rotatable bonds is 9. The number of imidazole rings is 1. The molecule has 2 nitrogen and oxygen atoms in total. The first kappa shape index (κ1) is 19.9. The van der Waals surface area contributed by atoms with E-state index in [4.69, 9.17) is 0 Å². The van der Waals surface area contributed by atoms with E-state index < -0.39 is 0 Å². The van der Waals surface area contributed by atoms with Crippen molar-refractivity contribution in [3.05, 3.63) is 54.1 Å². The maximum atomic E-state index is 4.17. The van der Waals surface area contributed by atoms with Crippen molar-refractivity contribution in [2.45, 2.75) is 74.7 Å². The van der Waals surface area contributed by atoms with Crippen molar-refractivity contribution in [2.24, 2.45) is 0 Å². The quantitative estimate of drug-likeness (QED) is 0.509. The lowest BCUT2D eigenvalue weighted by molar-refractivity contribution is 0.571. The fraction of sp³-hybridized carbons (Fsp3) is 0.591. The second-order valence-electron chi connectivity index (χ2n) is 7.34. The van der Waals surface area contributed by atoms with Crippen molar-refractivity contribution in [3.8, 4) is 0 Å². The first-order valence-corrected chi connectivity index (χ1v) is 11.9. The maximum Gasteiger partial charge on any atom is 0.0945 e. The van der Waals surface area contributed by atoms with Crippen molar-refractivity contribution < 1.29 is 0 Å². The molecule has 1 aromatic heterocycles. The van der Waals surface area contributed by atoms with Crippen molar-refractivity contribution in [1.82, 2.24) is 9.55 Å². The van der Waals surface area contributed by atoms with Crippen LogP contribution >= 0.6 is 23.5 Å². The van der Waals surface area contributed by atoms with Crippen molar-refractivity contribution >= 4 is 23.5 Å². The lowest BCUT2D eigenvalue weighted by atomic mass is 10.0. The highest BCUT2D eigenvalue weighted by atomic mass is 32.2. The summed E-state index contributed by atoms with van der Waals surface area (Å²) >= 11 is 4.48. The van der Waals surface area contributed by atoms with E-state index in [-0.39, 0.29) is 0 Å². The van der Waals surface area contributed by atoms with E-state index in [1.807, 2.05) is 12.5 Å². The topological polar surface area (TPSA) is 17.8 Å². The van der Waals surface area contributed by atoms with Crippen LogP contribution in [0.3, 0.4) is 0 Å². The summed E-state index contributed by atoms with van der Waals surface area (Å²) in [7, 11) is 0. The fourth-order valence-corrected chi connectivity index (χ4v) is 7.68. The highest BCUT2D eigenvalue weighted by Crippen LogP contribution is 2.51. The average Bonchev–Trinajstić information content (AvgIpc) is 3.17. The van der Waals surface area contributed by atoms with Crippen LogP contribution in [0.2, 0.25) is 0 Å². The van der Waals surface area contributed by atoms with Gasteiger partial charge in [-0.05, 0) is 55.4 Å². The molecule has 2 heterocycles. The summed E-state index contributed by atoms with van der Waals surface area (Å²) in [5.41, 5.74) is 2.98. The molecule has 4 heteroatoms. The predicted molar refractivity (Wildman–Crippen MR) is 117 cm³/mol. The first-order chi connectivity index (χ1) is 12.7. The van der Waals surface area contributed by atoms with Gasteiger partial charge in [0.2, 0.25) is 0 Å². The maximum absolute atomic E-state index is 4.17. The van der Waals surface area contributed by atoms with E-state index in [1.165, 1.54) is 61.8 Å². The molecular weight excluding hydrogens is 356 g/mol. The molecule has 2 unspecified atom stereocenters. The van der Waals surface area contributed by atoms with Gasteiger partial charge in [-0.25, -0.2) is 4.98 Å². The average molecular weight is 389 g/mol. The highest BCUT2D eigenvalue weighted by Gasteiger charge is 2.37. The number of thioether (sulfide) groups is 2. The van der Waals surface area contributed by atoms with Crippen LogP contribution in [0, 0.1) is 0 Å². The first-order valence-electron chi connectivity index (χ1n) is 10.1. The monoisotopic (exact) mass is 388 g/mol. The Bertz CT molecular complexity index is 639. The molecule has 1 aliphatic heterocycles. The minimum Gasteiger partial charge on any atom is -0.337 e. The van der Waals surface area contributed by atoms with Gasteiger partial charge in [-0.2, -0.15) is 0 Å². The molecule has 1 aliphatic rings. The van der Waals surface area contributed by atoms with E-state index in [0.29, 0.717) is 4.08 Å². The van der Waals surface area contributed by atoms with Gasteiger partial charge in [0.05, 0.1) is 10.4 Å². The van der Waals surface area contributed by atoms with Crippen molar-refractivity contribution in [3.63, 3.8) is 0 Å². The van der Waals surface area contributed by atoms with Gasteiger partial charge in [-0.15, -0.1) is 23.5 Å². The summed E-state index contributed by atoms with van der Waals surface area (Å²) in [6.45, 7) is 5.68. The summed E-state index contributed by atoms with van der Waals surface area (Å²) in [4.78, 5) is 4.17. The number of aromatic nitrogens is 2. The number of aryl methyl sites for hydroxylation is 2. The van der Waals surface area contributed by atoms with Crippen LogP contribution in [-0.4, -0.2) is 24.6 Å². The van der Waals surface area contributed by atoms with Crippen LogP contribution in [0.1, 0.15) is 57.1 Å². The standard InChI is InChI=1S/C22H32N2S2/c1-3-6-19-7-9-20(10-8-19)17-22(25-16-11-21(4-2)26-22)12-5-14-24-15-13-23-18-24/h7-10,13,15,18,21H,3-6,11-12,14,16-17H2,1-2H3. The molecule has 0 bridgehead atoms.